The summed E-state index contributed by atoms with van der Waals surface area (Å²) in [6.45, 7) is 1.13. The van der Waals surface area contributed by atoms with E-state index in [9.17, 15) is 0 Å². The molecule has 0 aliphatic carbocycles. The Kier molecular flexibility index (Phi) is 2.65. The van der Waals surface area contributed by atoms with Gasteiger partial charge in [-0.15, -0.1) is 0 Å². The second-order valence-corrected chi connectivity index (χ2v) is 5.04. The molecule has 1 aliphatic heterocycles. The van der Waals surface area contributed by atoms with Gasteiger partial charge in [0.15, 0.2) is 0 Å². The second kappa shape index (κ2) is 4.15. The fourth-order valence-electron chi connectivity index (χ4n) is 2.42. The van der Waals surface area contributed by atoms with E-state index in [1.54, 1.807) is 0 Å². The Morgan fingerprint density at radius 1 is 1.31 bits per heavy atom. The Morgan fingerprint density at radius 2 is 2.25 bits per heavy atom. The largest absolute Gasteiger partial charge is 0.310 e. The first-order valence-corrected chi connectivity index (χ1v) is 6.42. The fourth-order valence-corrected chi connectivity index (χ4v) is 2.88. The normalized spacial score (nSPS) is 20.4. The molecule has 1 aromatic carbocycles. The van der Waals surface area contributed by atoms with Gasteiger partial charge in [-0.05, 0) is 53.0 Å². The van der Waals surface area contributed by atoms with Crippen LogP contribution in [0.1, 0.15) is 24.4 Å². The van der Waals surface area contributed by atoms with Crippen molar-refractivity contribution in [1.82, 2.24) is 10.3 Å². The molecule has 3 heteroatoms. The maximum atomic E-state index is 4.44. The van der Waals surface area contributed by atoms with Gasteiger partial charge in [-0.25, -0.2) is 0 Å². The maximum absolute atomic E-state index is 4.44. The van der Waals surface area contributed by atoms with Crippen LogP contribution in [0.3, 0.4) is 0 Å². The average molecular weight is 277 g/mol. The number of benzene rings is 1. The molecule has 1 saturated heterocycles. The summed E-state index contributed by atoms with van der Waals surface area (Å²) in [6.07, 6.45) is 4.40. The van der Waals surface area contributed by atoms with E-state index >= 15 is 0 Å². The number of nitrogens with zero attached hydrogens (tertiary/aromatic N) is 1. The number of aromatic nitrogens is 1. The number of halogens is 1. The zero-order chi connectivity index (χ0) is 11.0. The first-order chi connectivity index (χ1) is 7.86. The highest BCUT2D eigenvalue weighted by atomic mass is 79.9. The molecule has 0 spiro atoms. The Labute approximate surface area is 103 Å². The van der Waals surface area contributed by atoms with Crippen molar-refractivity contribution in [2.75, 3.05) is 6.54 Å². The summed E-state index contributed by atoms with van der Waals surface area (Å²) in [4.78, 5) is 4.44. The molecule has 2 nitrogen and oxygen atoms in total. The lowest BCUT2D eigenvalue weighted by Gasteiger charge is -2.13. The molecule has 3 rings (SSSR count). The van der Waals surface area contributed by atoms with Crippen molar-refractivity contribution in [2.45, 2.75) is 18.9 Å². The predicted octanol–water partition coefficient (Wildman–Crippen LogP) is 3.42. The van der Waals surface area contributed by atoms with E-state index in [0.29, 0.717) is 6.04 Å². The van der Waals surface area contributed by atoms with E-state index in [0.717, 1.165) is 16.5 Å². The molecular formula is C13H13BrN2. The van der Waals surface area contributed by atoms with Gasteiger partial charge < -0.3 is 5.32 Å². The smallest absolute Gasteiger partial charge is 0.0847 e. The Morgan fingerprint density at radius 3 is 3.06 bits per heavy atom. The summed E-state index contributed by atoms with van der Waals surface area (Å²) in [5, 5.41) is 4.80. The van der Waals surface area contributed by atoms with Crippen LogP contribution in [-0.2, 0) is 0 Å². The first-order valence-electron chi connectivity index (χ1n) is 5.63. The highest BCUT2D eigenvalue weighted by Crippen LogP contribution is 2.31. The van der Waals surface area contributed by atoms with Crippen molar-refractivity contribution < 1.29 is 0 Å². The minimum Gasteiger partial charge on any atom is -0.310 e. The number of nitrogens with one attached hydrogen (secondary N) is 1. The van der Waals surface area contributed by atoms with Crippen LogP contribution >= 0.6 is 15.9 Å². The van der Waals surface area contributed by atoms with Gasteiger partial charge in [0.05, 0.1) is 5.52 Å². The van der Waals surface area contributed by atoms with E-state index in [2.05, 4.69) is 44.4 Å². The Hall–Kier alpha value is -0.930. The molecule has 0 bridgehead atoms. The van der Waals surface area contributed by atoms with Crippen LogP contribution < -0.4 is 5.32 Å². The summed E-state index contributed by atoms with van der Waals surface area (Å²) in [6, 6.07) is 8.91. The molecule has 1 atom stereocenters. The number of hydrogen-bond donors (Lipinski definition) is 1. The lowest BCUT2D eigenvalue weighted by Crippen LogP contribution is -2.13. The van der Waals surface area contributed by atoms with Crippen LogP contribution in [0.4, 0.5) is 0 Å². The van der Waals surface area contributed by atoms with Gasteiger partial charge in [-0.1, -0.05) is 12.1 Å². The summed E-state index contributed by atoms with van der Waals surface area (Å²) >= 11 is 3.56. The number of fused-ring (bicyclic) bond motifs is 1. The summed E-state index contributed by atoms with van der Waals surface area (Å²) in [5.41, 5.74) is 2.44. The van der Waals surface area contributed by atoms with Gasteiger partial charge in [0, 0.05) is 22.1 Å². The second-order valence-electron chi connectivity index (χ2n) is 4.19. The summed E-state index contributed by atoms with van der Waals surface area (Å²) < 4.78 is 1.07. The maximum Gasteiger partial charge on any atom is 0.0847 e. The van der Waals surface area contributed by atoms with Crippen molar-refractivity contribution in [3.8, 4) is 0 Å². The van der Waals surface area contributed by atoms with Crippen LogP contribution in [0.2, 0.25) is 0 Å². The molecule has 0 saturated carbocycles. The van der Waals surface area contributed by atoms with Crippen LogP contribution in [0.5, 0.6) is 0 Å². The third-order valence-corrected chi connectivity index (χ3v) is 3.83. The topological polar surface area (TPSA) is 24.9 Å². The fraction of sp³-hybridized carbons (Fsp3) is 0.308. The third kappa shape index (κ3) is 1.64. The zero-order valence-electron chi connectivity index (χ0n) is 8.91. The van der Waals surface area contributed by atoms with Crippen molar-refractivity contribution in [3.05, 3.63) is 40.5 Å². The van der Waals surface area contributed by atoms with Crippen molar-refractivity contribution in [3.63, 3.8) is 0 Å². The molecule has 0 amide bonds. The molecule has 1 fully saturated rings. The highest BCUT2D eigenvalue weighted by Gasteiger charge is 2.18. The standard InChI is InChI=1S/C13H13BrN2/c14-11-4-1-3-10-9(6-8-16-13(10)11)12-5-2-7-15-12/h1,3-4,6,8,12,15H,2,5,7H2. The predicted molar refractivity (Wildman–Crippen MR) is 69.4 cm³/mol. The molecular weight excluding hydrogens is 264 g/mol. The molecule has 2 aromatic rings. The van der Waals surface area contributed by atoms with Gasteiger partial charge in [0.2, 0.25) is 0 Å². The summed E-state index contributed by atoms with van der Waals surface area (Å²) in [7, 11) is 0. The first kappa shape index (κ1) is 10.2. The van der Waals surface area contributed by atoms with Crippen LogP contribution in [-0.4, -0.2) is 11.5 Å². The number of para-hydroxylation sites is 1. The van der Waals surface area contributed by atoms with Gasteiger partial charge in [0.1, 0.15) is 0 Å². The molecule has 16 heavy (non-hydrogen) atoms. The van der Waals surface area contributed by atoms with Crippen LogP contribution in [0.25, 0.3) is 10.9 Å². The van der Waals surface area contributed by atoms with Crippen molar-refractivity contribution in [2.24, 2.45) is 0 Å². The SMILES string of the molecule is Brc1cccc2c(C3CCCN3)ccnc12. The van der Waals surface area contributed by atoms with Crippen LogP contribution in [0.15, 0.2) is 34.9 Å². The summed E-state index contributed by atoms with van der Waals surface area (Å²) in [5.74, 6) is 0. The Bertz CT molecular complexity index is 518. The molecule has 1 unspecified atom stereocenters. The molecule has 1 aromatic heterocycles. The van der Waals surface area contributed by atoms with E-state index in [4.69, 9.17) is 0 Å². The van der Waals surface area contributed by atoms with Gasteiger partial charge >= 0.3 is 0 Å². The van der Waals surface area contributed by atoms with Crippen molar-refractivity contribution >= 4 is 26.8 Å². The number of rotatable bonds is 1. The van der Waals surface area contributed by atoms with Gasteiger partial charge in [-0.3, -0.25) is 4.98 Å². The van der Waals surface area contributed by atoms with E-state index in [1.165, 1.54) is 23.8 Å². The molecule has 1 aliphatic rings. The van der Waals surface area contributed by atoms with E-state index in [1.807, 2.05) is 12.3 Å². The average Bonchev–Trinajstić information content (AvgIpc) is 2.82. The monoisotopic (exact) mass is 276 g/mol. The number of pyridine rings is 1. The minimum absolute atomic E-state index is 0.500. The third-order valence-electron chi connectivity index (χ3n) is 3.19. The Balaban J connectivity index is 2.20. The zero-order valence-corrected chi connectivity index (χ0v) is 10.5. The molecule has 2 heterocycles. The lowest BCUT2D eigenvalue weighted by molar-refractivity contribution is 0.652. The van der Waals surface area contributed by atoms with Gasteiger partial charge in [-0.2, -0.15) is 0 Å². The van der Waals surface area contributed by atoms with Gasteiger partial charge in [0.25, 0.3) is 0 Å². The van der Waals surface area contributed by atoms with E-state index < -0.39 is 0 Å². The quantitative estimate of drug-likeness (QED) is 0.864. The molecule has 82 valence electrons. The highest BCUT2D eigenvalue weighted by molar-refractivity contribution is 9.10. The van der Waals surface area contributed by atoms with Crippen molar-refractivity contribution in [1.29, 1.82) is 0 Å². The van der Waals surface area contributed by atoms with Crippen LogP contribution in [0, 0.1) is 0 Å². The molecule has 1 N–H and O–H groups in total. The number of hydrogen-bond acceptors (Lipinski definition) is 2. The minimum atomic E-state index is 0.500. The van der Waals surface area contributed by atoms with E-state index in [-0.39, 0.29) is 0 Å². The molecule has 0 radical (unpaired) electrons. The lowest BCUT2D eigenvalue weighted by atomic mass is 10.0.